The third-order valence-electron chi connectivity index (χ3n) is 4.50. The average molecular weight is 414 g/mol. The lowest BCUT2D eigenvalue weighted by molar-refractivity contribution is 0.0866. The fourth-order valence-corrected chi connectivity index (χ4v) is 4.59. The largest absolute Gasteiger partial charge is 0.410 e. The molecule has 5 heteroatoms. The van der Waals surface area contributed by atoms with Gasteiger partial charge in [-0.25, -0.2) is 0 Å². The number of nitrogens with one attached hydrogen (secondary N) is 2. The van der Waals surface area contributed by atoms with Gasteiger partial charge in [0, 0.05) is 11.4 Å². The fraction of sp³-hybridized carbons (Fsp3) is 0.435. The quantitative estimate of drug-likeness (QED) is 0.418. The summed E-state index contributed by atoms with van der Waals surface area (Å²) in [6.45, 7) is 17.3. The van der Waals surface area contributed by atoms with Gasteiger partial charge >= 0.3 is 0 Å². The van der Waals surface area contributed by atoms with E-state index >= 15 is 0 Å². The second kappa shape index (κ2) is 9.20. The molecule has 0 saturated heterocycles. The summed E-state index contributed by atoms with van der Waals surface area (Å²) in [5.74, 6) is 0. The van der Waals surface area contributed by atoms with E-state index in [-0.39, 0.29) is 11.5 Å². The third-order valence-corrected chi connectivity index (χ3v) is 5.41. The maximum absolute atomic E-state index is 6.32. The van der Waals surface area contributed by atoms with Crippen LogP contribution in [0.1, 0.15) is 49.1 Å². The summed E-state index contributed by atoms with van der Waals surface area (Å²) in [5.41, 5.74) is 6.88. The van der Waals surface area contributed by atoms with Gasteiger partial charge in [0.15, 0.2) is 5.11 Å². The molecule has 0 aromatic heterocycles. The zero-order chi connectivity index (χ0) is 21.1. The lowest BCUT2D eigenvalue weighted by Gasteiger charge is -2.33. The van der Waals surface area contributed by atoms with Gasteiger partial charge in [0.1, 0.15) is 0 Å². The van der Waals surface area contributed by atoms with Crippen molar-refractivity contribution in [2.45, 2.75) is 60.7 Å². The Morgan fingerprint density at radius 1 is 1.00 bits per heavy atom. The second-order valence-electron chi connectivity index (χ2n) is 8.75. The Morgan fingerprint density at radius 2 is 1.61 bits per heavy atom. The molecular weight excluding hydrogens is 380 g/mol. The van der Waals surface area contributed by atoms with Gasteiger partial charge in [0.05, 0.1) is 6.10 Å². The van der Waals surface area contributed by atoms with Gasteiger partial charge in [0.25, 0.3) is 0 Å². The van der Waals surface area contributed by atoms with Gasteiger partial charge in [-0.2, -0.15) is 0 Å². The maximum atomic E-state index is 6.32. The molecule has 0 saturated carbocycles. The Morgan fingerprint density at radius 3 is 2.14 bits per heavy atom. The average Bonchev–Trinajstić information content (AvgIpc) is 2.55. The van der Waals surface area contributed by atoms with Gasteiger partial charge in [-0.05, 0) is 80.3 Å². The minimum absolute atomic E-state index is 0.0233. The second-order valence-corrected chi connectivity index (χ2v) is 11.2. The Labute approximate surface area is 177 Å². The Hall–Kier alpha value is -1.69. The molecule has 28 heavy (non-hydrogen) atoms. The van der Waals surface area contributed by atoms with Crippen molar-refractivity contribution < 1.29 is 4.43 Å². The van der Waals surface area contributed by atoms with E-state index in [1.54, 1.807) is 0 Å². The number of anilines is 2. The van der Waals surface area contributed by atoms with Crippen molar-refractivity contribution in [3.63, 3.8) is 0 Å². The Bertz CT molecular complexity index is 820. The first kappa shape index (κ1) is 22.6. The van der Waals surface area contributed by atoms with E-state index in [1.807, 2.05) is 6.07 Å². The minimum atomic E-state index is -0.810. The first-order valence-electron chi connectivity index (χ1n) is 9.70. The van der Waals surface area contributed by atoms with E-state index in [0.29, 0.717) is 5.11 Å². The van der Waals surface area contributed by atoms with Crippen molar-refractivity contribution in [2.75, 3.05) is 10.6 Å². The molecule has 0 heterocycles. The van der Waals surface area contributed by atoms with Crippen LogP contribution in [0.3, 0.4) is 0 Å². The predicted octanol–water partition coefficient (Wildman–Crippen LogP) is 6.78. The highest BCUT2D eigenvalue weighted by Crippen LogP contribution is 2.37. The summed E-state index contributed by atoms with van der Waals surface area (Å²) in [5, 5.41) is 7.29. The van der Waals surface area contributed by atoms with Crippen LogP contribution in [-0.2, 0) is 4.43 Å². The van der Waals surface area contributed by atoms with E-state index in [2.05, 4.69) is 95.6 Å². The number of aryl methyl sites for hydroxylation is 3. The summed E-state index contributed by atoms with van der Waals surface area (Å²) in [6.07, 6.45) is 0.0567. The van der Waals surface area contributed by atoms with Gasteiger partial charge in [0.2, 0.25) is 9.04 Å². The molecule has 0 aliphatic carbocycles. The van der Waals surface area contributed by atoms with Gasteiger partial charge in [-0.3, -0.25) is 0 Å². The van der Waals surface area contributed by atoms with Crippen LogP contribution in [0.15, 0.2) is 36.4 Å². The van der Waals surface area contributed by atoms with Crippen molar-refractivity contribution in [2.24, 2.45) is 5.41 Å². The molecule has 0 bridgehead atoms. The van der Waals surface area contributed by atoms with E-state index < -0.39 is 9.04 Å². The van der Waals surface area contributed by atoms with E-state index in [0.717, 1.165) is 11.4 Å². The highest BCUT2D eigenvalue weighted by molar-refractivity contribution is 7.80. The number of thiocarbonyl (C=S) groups is 1. The lowest BCUT2D eigenvalue weighted by Crippen LogP contribution is -2.26. The van der Waals surface area contributed by atoms with E-state index in [4.69, 9.17) is 16.6 Å². The molecule has 0 amide bonds. The lowest BCUT2D eigenvalue weighted by atomic mass is 9.85. The summed E-state index contributed by atoms with van der Waals surface area (Å²) < 4.78 is 6.32. The molecule has 1 atom stereocenters. The predicted molar refractivity (Wildman–Crippen MR) is 128 cm³/mol. The standard InChI is InChI=1S/C23H33N2OSSi/c1-15-12-16(2)20(17(3)13-15)25-22(27)24-19-11-9-10-18(14-19)21(23(4,5)6)26-28(7)8/h9-14,21H,1-8H3,(H2,24,25,27). The number of rotatable bonds is 5. The molecular formula is C23H33N2OSSi. The maximum Gasteiger partial charge on any atom is 0.205 e. The van der Waals surface area contributed by atoms with Crippen LogP contribution in [0.25, 0.3) is 0 Å². The molecule has 0 aliphatic rings. The number of hydrogen-bond acceptors (Lipinski definition) is 2. The highest BCUT2D eigenvalue weighted by Gasteiger charge is 2.28. The van der Waals surface area contributed by atoms with E-state index in [1.165, 1.54) is 22.3 Å². The zero-order valence-electron chi connectivity index (χ0n) is 18.4. The van der Waals surface area contributed by atoms with Crippen LogP contribution in [0, 0.1) is 26.2 Å². The Balaban J connectivity index is 2.19. The molecule has 3 nitrogen and oxygen atoms in total. The van der Waals surface area contributed by atoms with Crippen LogP contribution < -0.4 is 10.6 Å². The minimum Gasteiger partial charge on any atom is -0.410 e. The summed E-state index contributed by atoms with van der Waals surface area (Å²) in [6, 6.07) is 12.7. The van der Waals surface area contributed by atoms with Crippen LogP contribution in [0.2, 0.25) is 13.1 Å². The zero-order valence-corrected chi connectivity index (χ0v) is 20.2. The molecule has 2 aromatic carbocycles. The first-order chi connectivity index (χ1) is 13.0. The van der Waals surface area contributed by atoms with Crippen molar-refractivity contribution in [1.29, 1.82) is 0 Å². The van der Waals surface area contributed by atoms with Crippen LogP contribution >= 0.6 is 12.2 Å². The molecule has 1 unspecified atom stereocenters. The normalized spacial score (nSPS) is 12.8. The van der Waals surface area contributed by atoms with Crippen molar-refractivity contribution in [3.8, 4) is 0 Å². The smallest absolute Gasteiger partial charge is 0.205 e. The SMILES string of the molecule is Cc1cc(C)c(NC(=S)Nc2cccc(C(O[Si](C)C)C(C)(C)C)c2)c(C)c1. The molecule has 2 rings (SSSR count). The van der Waals surface area contributed by atoms with Crippen molar-refractivity contribution in [1.82, 2.24) is 0 Å². The van der Waals surface area contributed by atoms with Crippen molar-refractivity contribution >= 4 is 37.7 Å². The molecule has 2 aromatic rings. The summed E-state index contributed by atoms with van der Waals surface area (Å²) in [4.78, 5) is 0. The van der Waals surface area contributed by atoms with Crippen molar-refractivity contribution in [3.05, 3.63) is 58.7 Å². The van der Waals surface area contributed by atoms with Crippen LogP contribution in [-0.4, -0.2) is 14.2 Å². The summed E-state index contributed by atoms with van der Waals surface area (Å²) >= 11 is 5.57. The summed E-state index contributed by atoms with van der Waals surface area (Å²) in [7, 11) is -0.810. The van der Waals surface area contributed by atoms with Gasteiger partial charge in [-0.15, -0.1) is 0 Å². The number of hydrogen-bond donors (Lipinski definition) is 2. The van der Waals surface area contributed by atoms with Gasteiger partial charge in [-0.1, -0.05) is 50.6 Å². The monoisotopic (exact) mass is 413 g/mol. The topological polar surface area (TPSA) is 33.3 Å². The molecule has 0 fully saturated rings. The van der Waals surface area contributed by atoms with Crippen LogP contribution in [0.5, 0.6) is 0 Å². The fourth-order valence-electron chi connectivity index (χ4n) is 3.41. The van der Waals surface area contributed by atoms with E-state index in [9.17, 15) is 0 Å². The molecule has 1 radical (unpaired) electrons. The number of benzene rings is 2. The third kappa shape index (κ3) is 6.16. The Kier molecular flexibility index (Phi) is 7.43. The van der Waals surface area contributed by atoms with Gasteiger partial charge < -0.3 is 15.1 Å². The first-order valence-corrected chi connectivity index (χ1v) is 12.5. The molecule has 0 spiro atoms. The molecule has 151 valence electrons. The molecule has 2 N–H and O–H groups in total. The molecule has 0 aliphatic heterocycles. The highest BCUT2D eigenvalue weighted by atomic mass is 32.1. The van der Waals surface area contributed by atoms with Crippen LogP contribution in [0.4, 0.5) is 11.4 Å².